The van der Waals surface area contributed by atoms with E-state index in [1.54, 1.807) is 6.21 Å². The minimum Gasteiger partial charge on any atom is -0.251 e. The zero-order valence-electron chi connectivity index (χ0n) is 4.52. The van der Waals surface area contributed by atoms with Crippen LogP contribution in [0, 0.1) is 0 Å². The predicted octanol–water partition coefficient (Wildman–Crippen LogP) is 0.250. The maximum Gasteiger partial charge on any atom is 0.0503 e. The first kappa shape index (κ1) is 8.77. The summed E-state index contributed by atoms with van der Waals surface area (Å²) in [5, 5.41) is 5.66. The molecular formula is C3H7ClN4S. The summed E-state index contributed by atoms with van der Waals surface area (Å²) < 4.78 is 1.44. The van der Waals surface area contributed by atoms with Crippen molar-refractivity contribution in [2.45, 2.75) is 0 Å². The zero-order valence-corrected chi connectivity index (χ0v) is 6.15. The number of nitrogens with zero attached hydrogens (tertiary/aromatic N) is 2. The van der Waals surface area contributed by atoms with Crippen molar-refractivity contribution in [1.29, 1.82) is 0 Å². The summed E-state index contributed by atoms with van der Waals surface area (Å²) in [6.45, 7) is 0. The van der Waals surface area contributed by atoms with Gasteiger partial charge in [-0.1, -0.05) is 0 Å². The van der Waals surface area contributed by atoms with E-state index in [1.807, 2.05) is 11.5 Å². The van der Waals surface area contributed by atoms with E-state index in [-0.39, 0.29) is 12.4 Å². The number of hydrogen-bond acceptors (Lipinski definition) is 5. The van der Waals surface area contributed by atoms with Crippen molar-refractivity contribution in [1.82, 2.24) is 10.1 Å². The number of hydrazine groups is 2. The molecule has 9 heavy (non-hydrogen) atoms. The van der Waals surface area contributed by atoms with Gasteiger partial charge in [-0.2, -0.15) is 9.62 Å². The van der Waals surface area contributed by atoms with Gasteiger partial charge in [0.2, 0.25) is 0 Å². The number of nitrogens with one attached hydrogen (secondary N) is 1. The van der Waals surface area contributed by atoms with Gasteiger partial charge in [0.15, 0.2) is 0 Å². The molecule has 6 heteroatoms. The molecule has 0 amide bonds. The van der Waals surface area contributed by atoms with E-state index in [4.69, 9.17) is 5.84 Å². The van der Waals surface area contributed by atoms with Crippen molar-refractivity contribution < 1.29 is 0 Å². The lowest BCUT2D eigenvalue weighted by Crippen LogP contribution is -2.34. The van der Waals surface area contributed by atoms with Gasteiger partial charge >= 0.3 is 0 Å². The van der Waals surface area contributed by atoms with E-state index in [0.29, 0.717) is 0 Å². The standard InChI is InChI=1S/C3H6N4S.ClH/c4-6-7-5-2-1-3-8-7;/h1-3,6H,4H2;1H. The Hall–Kier alpha value is -0.230. The highest BCUT2D eigenvalue weighted by molar-refractivity contribution is 7.99. The first-order valence-electron chi connectivity index (χ1n) is 2.06. The molecule has 1 heterocycles. The smallest absolute Gasteiger partial charge is 0.0503 e. The molecule has 4 nitrogen and oxygen atoms in total. The summed E-state index contributed by atoms with van der Waals surface area (Å²) in [4.78, 5) is 0. The van der Waals surface area contributed by atoms with Crippen LogP contribution in [0.5, 0.6) is 0 Å². The first-order chi connectivity index (χ1) is 3.93. The lowest BCUT2D eigenvalue weighted by atomic mass is 10.7. The van der Waals surface area contributed by atoms with Crippen LogP contribution in [0.15, 0.2) is 16.6 Å². The van der Waals surface area contributed by atoms with Gasteiger partial charge in [0.05, 0.1) is 6.21 Å². The highest BCUT2D eigenvalue weighted by Crippen LogP contribution is 2.09. The van der Waals surface area contributed by atoms with Crippen molar-refractivity contribution >= 4 is 30.6 Å². The van der Waals surface area contributed by atoms with Crippen LogP contribution in [0.1, 0.15) is 0 Å². The third-order valence-corrected chi connectivity index (χ3v) is 1.29. The highest BCUT2D eigenvalue weighted by atomic mass is 35.5. The summed E-state index contributed by atoms with van der Waals surface area (Å²) in [5.41, 5.74) is 2.35. The Kier molecular flexibility index (Phi) is 4.51. The minimum absolute atomic E-state index is 0. The molecule has 0 atom stereocenters. The fourth-order valence-corrected chi connectivity index (χ4v) is 0.743. The second kappa shape index (κ2) is 4.63. The lowest BCUT2D eigenvalue weighted by molar-refractivity contribution is 0.381. The molecule has 3 N–H and O–H groups in total. The fraction of sp³-hybridized carbons (Fsp3) is 0. The lowest BCUT2D eigenvalue weighted by Gasteiger charge is -2.13. The van der Waals surface area contributed by atoms with Gasteiger partial charge in [-0.25, -0.2) is 0 Å². The summed E-state index contributed by atoms with van der Waals surface area (Å²) in [7, 11) is 0. The summed E-state index contributed by atoms with van der Waals surface area (Å²) >= 11 is 1.38. The molecule has 0 bridgehead atoms. The van der Waals surface area contributed by atoms with Gasteiger partial charge in [0.25, 0.3) is 0 Å². The number of rotatable bonds is 1. The van der Waals surface area contributed by atoms with Gasteiger partial charge in [-0.15, -0.1) is 17.9 Å². The summed E-state index contributed by atoms with van der Waals surface area (Å²) in [6.07, 6.45) is 3.48. The van der Waals surface area contributed by atoms with Crippen LogP contribution in [0.4, 0.5) is 0 Å². The zero-order chi connectivity index (χ0) is 5.82. The summed E-state index contributed by atoms with van der Waals surface area (Å²) in [6, 6.07) is 0. The molecule has 1 aliphatic heterocycles. The highest BCUT2D eigenvalue weighted by Gasteiger charge is 1.94. The van der Waals surface area contributed by atoms with Crippen LogP contribution in [0.3, 0.4) is 0 Å². The molecule has 0 radical (unpaired) electrons. The fourth-order valence-electron chi connectivity index (χ4n) is 0.318. The topological polar surface area (TPSA) is 53.6 Å². The molecule has 0 saturated heterocycles. The van der Waals surface area contributed by atoms with Crippen LogP contribution in [0.25, 0.3) is 0 Å². The first-order valence-corrected chi connectivity index (χ1v) is 2.89. The largest absolute Gasteiger partial charge is 0.251 e. The molecule has 1 rings (SSSR count). The molecule has 0 unspecified atom stereocenters. The predicted molar refractivity (Wildman–Crippen MR) is 41.6 cm³/mol. The monoisotopic (exact) mass is 166 g/mol. The minimum atomic E-state index is 0. The Morgan fingerprint density at radius 2 is 2.44 bits per heavy atom. The maximum atomic E-state index is 5.01. The normalized spacial score (nSPS) is 15.4. The van der Waals surface area contributed by atoms with Crippen LogP contribution in [0.2, 0.25) is 0 Å². The maximum absolute atomic E-state index is 5.01. The van der Waals surface area contributed by atoms with Crippen LogP contribution < -0.4 is 11.4 Å². The van der Waals surface area contributed by atoms with Crippen molar-refractivity contribution in [2.75, 3.05) is 0 Å². The Bertz CT molecular complexity index is 125. The molecule has 0 fully saturated rings. The second-order valence-electron chi connectivity index (χ2n) is 1.10. The Balaban J connectivity index is 0.000000640. The average Bonchev–Trinajstić information content (AvgIpc) is 1.90. The van der Waals surface area contributed by atoms with E-state index < -0.39 is 0 Å². The quantitative estimate of drug-likeness (QED) is 0.333. The number of nitrogens with two attached hydrogens (primary N) is 1. The third-order valence-electron chi connectivity index (χ3n) is 0.607. The van der Waals surface area contributed by atoms with E-state index >= 15 is 0 Å². The average molecular weight is 167 g/mol. The molecule has 0 aromatic heterocycles. The molecule has 52 valence electrons. The van der Waals surface area contributed by atoms with Gasteiger partial charge in [-0.3, -0.25) is 5.84 Å². The molecule has 0 spiro atoms. The van der Waals surface area contributed by atoms with Gasteiger partial charge < -0.3 is 0 Å². The van der Waals surface area contributed by atoms with Crippen molar-refractivity contribution in [3.8, 4) is 0 Å². The summed E-state index contributed by atoms with van der Waals surface area (Å²) in [5.74, 6) is 5.01. The van der Waals surface area contributed by atoms with Crippen LogP contribution in [-0.4, -0.2) is 10.7 Å². The number of hydrazone groups is 1. The van der Waals surface area contributed by atoms with E-state index in [1.165, 1.54) is 16.5 Å². The Morgan fingerprint density at radius 1 is 1.67 bits per heavy atom. The van der Waals surface area contributed by atoms with E-state index in [0.717, 1.165) is 0 Å². The van der Waals surface area contributed by atoms with Gasteiger partial charge in [0, 0.05) is 11.9 Å². The van der Waals surface area contributed by atoms with E-state index in [9.17, 15) is 0 Å². The molecule has 0 aromatic carbocycles. The second-order valence-corrected chi connectivity index (χ2v) is 1.93. The van der Waals surface area contributed by atoms with Gasteiger partial charge in [-0.05, 0) is 11.5 Å². The molecule has 1 aliphatic rings. The molecular weight excluding hydrogens is 160 g/mol. The van der Waals surface area contributed by atoms with Crippen molar-refractivity contribution in [2.24, 2.45) is 10.9 Å². The van der Waals surface area contributed by atoms with Crippen molar-refractivity contribution in [3.05, 3.63) is 11.5 Å². The van der Waals surface area contributed by atoms with E-state index in [2.05, 4.69) is 10.6 Å². The number of allylic oxidation sites excluding steroid dienone is 1. The number of halogens is 1. The molecule has 0 aliphatic carbocycles. The third kappa shape index (κ3) is 2.71. The number of hydrogen-bond donors (Lipinski definition) is 2. The Labute approximate surface area is 63.6 Å². The van der Waals surface area contributed by atoms with Crippen LogP contribution in [-0.2, 0) is 0 Å². The SMILES string of the molecule is Cl.NNN1N=CC=CS1. The van der Waals surface area contributed by atoms with Gasteiger partial charge in [0.1, 0.15) is 0 Å². The molecule has 0 saturated carbocycles. The Morgan fingerprint density at radius 3 is 2.78 bits per heavy atom. The molecule has 0 aromatic rings. The van der Waals surface area contributed by atoms with Crippen molar-refractivity contribution in [3.63, 3.8) is 0 Å². The van der Waals surface area contributed by atoms with Crippen LogP contribution >= 0.6 is 24.4 Å².